The van der Waals surface area contributed by atoms with Crippen molar-refractivity contribution in [1.82, 2.24) is 4.90 Å². The molecule has 78 valence electrons. The van der Waals surface area contributed by atoms with Gasteiger partial charge in [0.25, 0.3) is 0 Å². The second kappa shape index (κ2) is 3.58. The molecule has 2 heteroatoms. The van der Waals surface area contributed by atoms with Crippen molar-refractivity contribution in [3.63, 3.8) is 0 Å². The Morgan fingerprint density at radius 2 is 1.77 bits per heavy atom. The molecule has 1 rings (SSSR count). The van der Waals surface area contributed by atoms with Gasteiger partial charge in [0.05, 0.1) is 0 Å². The Balaban J connectivity index is 2.55. The summed E-state index contributed by atoms with van der Waals surface area (Å²) in [6.45, 7) is 11.4. The van der Waals surface area contributed by atoms with E-state index in [0.29, 0.717) is 5.54 Å². The van der Waals surface area contributed by atoms with E-state index in [9.17, 15) is 0 Å². The number of nitrogens with two attached hydrogens (primary N) is 1. The van der Waals surface area contributed by atoms with Crippen molar-refractivity contribution in [2.24, 2.45) is 5.73 Å². The van der Waals surface area contributed by atoms with Gasteiger partial charge < -0.3 is 5.73 Å². The van der Waals surface area contributed by atoms with Crippen molar-refractivity contribution in [1.29, 1.82) is 0 Å². The maximum Gasteiger partial charge on any atom is 0.0138 e. The molecule has 0 aliphatic carbocycles. The van der Waals surface area contributed by atoms with Crippen molar-refractivity contribution < 1.29 is 0 Å². The molecule has 1 aliphatic rings. The molecular formula is C11H24N2. The van der Waals surface area contributed by atoms with Crippen LogP contribution < -0.4 is 5.73 Å². The summed E-state index contributed by atoms with van der Waals surface area (Å²) in [4.78, 5) is 2.55. The van der Waals surface area contributed by atoms with E-state index in [4.69, 9.17) is 5.73 Å². The molecule has 0 amide bonds. The van der Waals surface area contributed by atoms with Gasteiger partial charge in [0.2, 0.25) is 0 Å². The van der Waals surface area contributed by atoms with Crippen LogP contribution in [-0.2, 0) is 0 Å². The molecule has 1 fully saturated rings. The average molecular weight is 184 g/mol. The first-order valence-corrected chi connectivity index (χ1v) is 5.35. The number of hydrogen-bond acceptors (Lipinski definition) is 2. The van der Waals surface area contributed by atoms with E-state index in [2.05, 4.69) is 32.6 Å². The van der Waals surface area contributed by atoms with Crippen LogP contribution in [0.4, 0.5) is 0 Å². The zero-order valence-electron chi connectivity index (χ0n) is 9.56. The van der Waals surface area contributed by atoms with Gasteiger partial charge in [0.1, 0.15) is 0 Å². The number of hydrogen-bond donors (Lipinski definition) is 1. The monoisotopic (exact) mass is 184 g/mol. The molecule has 2 N–H and O–H groups in total. The van der Waals surface area contributed by atoms with Crippen molar-refractivity contribution in [2.45, 2.75) is 58.0 Å². The molecule has 0 aromatic carbocycles. The van der Waals surface area contributed by atoms with E-state index < -0.39 is 0 Å². The third-order valence-corrected chi connectivity index (χ3v) is 3.08. The van der Waals surface area contributed by atoms with Crippen LogP contribution in [0.15, 0.2) is 0 Å². The third kappa shape index (κ3) is 3.28. The first-order chi connectivity index (χ1) is 5.81. The molecule has 0 aromatic heterocycles. The molecule has 1 saturated heterocycles. The minimum absolute atomic E-state index is 0.0694. The Morgan fingerprint density at radius 3 is 2.31 bits per heavy atom. The molecule has 0 unspecified atom stereocenters. The van der Waals surface area contributed by atoms with Gasteiger partial charge in [-0.1, -0.05) is 0 Å². The van der Waals surface area contributed by atoms with Crippen LogP contribution >= 0.6 is 0 Å². The summed E-state index contributed by atoms with van der Waals surface area (Å²) < 4.78 is 0. The molecule has 1 aliphatic heterocycles. The van der Waals surface area contributed by atoms with E-state index in [0.717, 1.165) is 13.0 Å². The lowest BCUT2D eigenvalue weighted by molar-refractivity contribution is 0.140. The summed E-state index contributed by atoms with van der Waals surface area (Å²) in [5, 5.41) is 0. The Labute approximate surface area is 82.5 Å². The van der Waals surface area contributed by atoms with Crippen LogP contribution in [0.2, 0.25) is 0 Å². The minimum Gasteiger partial charge on any atom is -0.325 e. The summed E-state index contributed by atoms with van der Waals surface area (Å²) in [5.74, 6) is 0. The predicted octanol–water partition coefficient (Wildman–Crippen LogP) is 1.99. The molecule has 0 bridgehead atoms. The Bertz CT molecular complexity index is 167. The molecule has 2 nitrogen and oxygen atoms in total. The highest BCUT2D eigenvalue weighted by Crippen LogP contribution is 2.23. The number of likely N-dealkylation sites (tertiary alicyclic amines) is 1. The fourth-order valence-corrected chi connectivity index (χ4v) is 1.97. The first kappa shape index (κ1) is 11.0. The van der Waals surface area contributed by atoms with Crippen molar-refractivity contribution in [2.75, 3.05) is 13.1 Å². The maximum absolute atomic E-state index is 6.16. The van der Waals surface area contributed by atoms with Crippen LogP contribution in [0.5, 0.6) is 0 Å². The van der Waals surface area contributed by atoms with Crippen molar-refractivity contribution >= 4 is 0 Å². The van der Waals surface area contributed by atoms with Crippen LogP contribution in [-0.4, -0.2) is 29.1 Å². The Hall–Kier alpha value is -0.0800. The predicted molar refractivity (Wildman–Crippen MR) is 57.8 cm³/mol. The van der Waals surface area contributed by atoms with Crippen LogP contribution in [0.25, 0.3) is 0 Å². The van der Waals surface area contributed by atoms with Gasteiger partial charge in [-0.25, -0.2) is 0 Å². The fraction of sp³-hybridized carbons (Fsp3) is 1.00. The average Bonchev–Trinajstić information content (AvgIpc) is 2.08. The lowest BCUT2D eigenvalue weighted by Gasteiger charge is -2.35. The van der Waals surface area contributed by atoms with E-state index in [1.165, 1.54) is 19.4 Å². The smallest absolute Gasteiger partial charge is 0.0138 e. The van der Waals surface area contributed by atoms with E-state index in [1.807, 2.05) is 0 Å². The fourth-order valence-electron chi connectivity index (χ4n) is 1.97. The van der Waals surface area contributed by atoms with Gasteiger partial charge in [-0.05, 0) is 53.5 Å². The molecule has 0 radical (unpaired) electrons. The quantitative estimate of drug-likeness (QED) is 0.624. The van der Waals surface area contributed by atoms with Crippen LogP contribution in [0, 0.1) is 0 Å². The number of rotatable bonds is 0. The summed E-state index contributed by atoms with van der Waals surface area (Å²) >= 11 is 0. The van der Waals surface area contributed by atoms with E-state index in [-0.39, 0.29) is 5.54 Å². The summed E-state index contributed by atoms with van der Waals surface area (Å²) in [5.41, 5.74) is 6.53. The van der Waals surface area contributed by atoms with Crippen molar-refractivity contribution in [3.8, 4) is 0 Å². The summed E-state index contributed by atoms with van der Waals surface area (Å²) in [6, 6.07) is 0. The van der Waals surface area contributed by atoms with Gasteiger partial charge >= 0.3 is 0 Å². The van der Waals surface area contributed by atoms with Crippen LogP contribution in [0.3, 0.4) is 0 Å². The zero-order valence-corrected chi connectivity index (χ0v) is 9.56. The molecular weight excluding hydrogens is 160 g/mol. The second-order valence-corrected chi connectivity index (χ2v) is 5.67. The third-order valence-electron chi connectivity index (χ3n) is 3.08. The molecule has 13 heavy (non-hydrogen) atoms. The molecule has 1 atom stereocenters. The second-order valence-electron chi connectivity index (χ2n) is 5.67. The highest BCUT2D eigenvalue weighted by Gasteiger charge is 2.28. The Kier molecular flexibility index (Phi) is 3.03. The van der Waals surface area contributed by atoms with E-state index >= 15 is 0 Å². The highest BCUT2D eigenvalue weighted by atomic mass is 15.2. The van der Waals surface area contributed by atoms with Gasteiger partial charge in [-0.3, -0.25) is 4.90 Å². The molecule has 0 aromatic rings. The van der Waals surface area contributed by atoms with Crippen LogP contribution in [0.1, 0.15) is 47.0 Å². The lowest BCUT2D eigenvalue weighted by atomic mass is 9.95. The standard InChI is InChI=1S/C11H24N2/c1-10(2,3)13-8-5-6-11(4,12)7-9-13/h5-9,12H2,1-4H3/t11-/m0/s1. The summed E-state index contributed by atoms with van der Waals surface area (Å²) in [6.07, 6.45) is 3.54. The first-order valence-electron chi connectivity index (χ1n) is 5.35. The molecule has 1 heterocycles. The maximum atomic E-state index is 6.16. The number of nitrogens with zero attached hydrogens (tertiary/aromatic N) is 1. The Morgan fingerprint density at radius 1 is 1.15 bits per heavy atom. The van der Waals surface area contributed by atoms with Crippen molar-refractivity contribution in [3.05, 3.63) is 0 Å². The minimum atomic E-state index is 0.0694. The van der Waals surface area contributed by atoms with Gasteiger partial charge in [0, 0.05) is 17.6 Å². The SMILES string of the molecule is CC(C)(C)N1CCC[C@](C)(N)CC1. The molecule has 0 spiro atoms. The normalized spacial score (nSPS) is 33.0. The largest absolute Gasteiger partial charge is 0.325 e. The molecule has 0 saturated carbocycles. The zero-order chi connectivity index (χ0) is 10.1. The van der Waals surface area contributed by atoms with Gasteiger partial charge in [0.15, 0.2) is 0 Å². The summed E-state index contributed by atoms with van der Waals surface area (Å²) in [7, 11) is 0. The van der Waals surface area contributed by atoms with Gasteiger partial charge in [-0.2, -0.15) is 0 Å². The topological polar surface area (TPSA) is 29.3 Å². The van der Waals surface area contributed by atoms with Gasteiger partial charge in [-0.15, -0.1) is 0 Å². The highest BCUT2D eigenvalue weighted by molar-refractivity contribution is 4.87. The lowest BCUT2D eigenvalue weighted by Crippen LogP contribution is -2.43. The van der Waals surface area contributed by atoms with E-state index in [1.54, 1.807) is 0 Å².